The average Bonchev–Trinajstić information content (AvgIpc) is 3.18. The summed E-state index contributed by atoms with van der Waals surface area (Å²) in [6, 6.07) is 12.6. The maximum absolute atomic E-state index is 12.7. The van der Waals surface area contributed by atoms with Gasteiger partial charge in [0.15, 0.2) is 5.58 Å². The molecule has 0 amide bonds. The highest BCUT2D eigenvalue weighted by Crippen LogP contribution is 2.18. The minimum absolute atomic E-state index is 0. The molecule has 4 aromatic rings. The zero-order chi connectivity index (χ0) is 20.3. The van der Waals surface area contributed by atoms with Gasteiger partial charge in [0, 0.05) is 35.8 Å². The fourth-order valence-electron chi connectivity index (χ4n) is 3.23. The summed E-state index contributed by atoms with van der Waals surface area (Å²) in [5, 5.41) is 9.82. The second-order valence-corrected chi connectivity index (χ2v) is 8.77. The molecule has 2 heterocycles. The van der Waals surface area contributed by atoms with Crippen LogP contribution in [0.15, 0.2) is 70.5 Å². The van der Waals surface area contributed by atoms with Gasteiger partial charge in [-0.2, -0.15) is 0 Å². The van der Waals surface area contributed by atoms with Gasteiger partial charge in [-0.05, 0) is 61.2 Å². The summed E-state index contributed by atoms with van der Waals surface area (Å²) < 4.78 is 33.2. The molecule has 2 aromatic heterocycles. The smallest absolute Gasteiger partial charge is 0.240 e. The molecule has 0 saturated heterocycles. The van der Waals surface area contributed by atoms with Crippen LogP contribution in [-0.4, -0.2) is 37.7 Å². The van der Waals surface area contributed by atoms with Gasteiger partial charge >= 0.3 is 0 Å². The Morgan fingerprint density at radius 3 is 2.77 bits per heavy atom. The van der Waals surface area contributed by atoms with Crippen LogP contribution in [0.2, 0.25) is 0 Å². The van der Waals surface area contributed by atoms with E-state index in [-0.39, 0.29) is 23.3 Å². The number of fused-ring (bicyclic) bond motifs is 2. The Kier molecular flexibility index (Phi) is 7.04. The Morgan fingerprint density at radius 2 is 1.90 bits per heavy atom. The Morgan fingerprint density at radius 1 is 1.03 bits per heavy atom. The molecule has 0 radical (unpaired) electrons. The summed E-state index contributed by atoms with van der Waals surface area (Å²) in [7, 11) is -3.59. The molecule has 2 N–H and O–H groups in total. The standard InChI is InChI=1S/C21H22N4O3S.ClH/c1-15(12-22-8-6-16-2-5-21-19(10-16)14-24-28-21)25-29(26,27)20-4-3-18-13-23-9-7-17(18)11-20;/h2-5,7,9-11,13-15,22,25H,6,8,12H2,1H3;1H. The fourth-order valence-corrected chi connectivity index (χ4v) is 4.51. The molecule has 0 fully saturated rings. The molecule has 30 heavy (non-hydrogen) atoms. The molecule has 2 aromatic carbocycles. The second kappa shape index (κ2) is 9.53. The van der Waals surface area contributed by atoms with Crippen molar-refractivity contribution in [2.45, 2.75) is 24.3 Å². The zero-order valence-corrected chi connectivity index (χ0v) is 18.0. The minimum Gasteiger partial charge on any atom is -0.356 e. The van der Waals surface area contributed by atoms with Crippen molar-refractivity contribution in [3.8, 4) is 0 Å². The number of nitrogens with one attached hydrogen (secondary N) is 2. The van der Waals surface area contributed by atoms with Crippen LogP contribution in [0.25, 0.3) is 21.7 Å². The van der Waals surface area contributed by atoms with Crippen molar-refractivity contribution in [1.82, 2.24) is 20.2 Å². The first-order valence-corrected chi connectivity index (χ1v) is 10.9. The van der Waals surface area contributed by atoms with Gasteiger partial charge < -0.3 is 9.84 Å². The van der Waals surface area contributed by atoms with Crippen LogP contribution in [0, 0.1) is 0 Å². The molecule has 1 atom stereocenters. The number of hydrogen-bond donors (Lipinski definition) is 2. The van der Waals surface area contributed by atoms with Crippen LogP contribution >= 0.6 is 12.4 Å². The summed E-state index contributed by atoms with van der Waals surface area (Å²) in [5.74, 6) is 0. The SMILES string of the molecule is CC(CNCCc1ccc2oncc2c1)NS(=O)(=O)c1ccc2cnccc2c1.Cl. The van der Waals surface area contributed by atoms with Gasteiger partial charge in [0.1, 0.15) is 0 Å². The highest BCUT2D eigenvalue weighted by Gasteiger charge is 2.17. The molecule has 0 saturated carbocycles. The van der Waals surface area contributed by atoms with Gasteiger partial charge in [0.25, 0.3) is 0 Å². The van der Waals surface area contributed by atoms with Crippen LogP contribution < -0.4 is 10.0 Å². The van der Waals surface area contributed by atoms with Crippen molar-refractivity contribution in [2.24, 2.45) is 0 Å². The van der Waals surface area contributed by atoms with Gasteiger partial charge in [0.2, 0.25) is 10.0 Å². The van der Waals surface area contributed by atoms with E-state index in [0.29, 0.717) is 6.54 Å². The molecule has 0 spiro atoms. The Balaban J connectivity index is 0.00000256. The predicted octanol–water partition coefficient (Wildman–Crippen LogP) is 3.30. The minimum atomic E-state index is -3.59. The van der Waals surface area contributed by atoms with E-state index in [0.717, 1.165) is 34.7 Å². The van der Waals surface area contributed by atoms with Crippen LogP contribution in [0.1, 0.15) is 12.5 Å². The number of sulfonamides is 1. The highest BCUT2D eigenvalue weighted by atomic mass is 35.5. The van der Waals surface area contributed by atoms with Crippen LogP contribution in [-0.2, 0) is 16.4 Å². The first-order valence-electron chi connectivity index (χ1n) is 9.41. The molecular weight excluding hydrogens is 424 g/mol. The monoisotopic (exact) mass is 446 g/mol. The van der Waals surface area contributed by atoms with E-state index >= 15 is 0 Å². The number of nitrogens with zero attached hydrogens (tertiary/aromatic N) is 2. The van der Waals surface area contributed by atoms with Crippen molar-refractivity contribution in [1.29, 1.82) is 0 Å². The third-order valence-electron chi connectivity index (χ3n) is 4.74. The largest absolute Gasteiger partial charge is 0.356 e. The third kappa shape index (κ3) is 5.14. The van der Waals surface area contributed by atoms with Crippen molar-refractivity contribution < 1.29 is 12.9 Å². The first-order chi connectivity index (χ1) is 14.0. The lowest BCUT2D eigenvalue weighted by molar-refractivity contribution is 0.456. The summed E-state index contributed by atoms with van der Waals surface area (Å²) in [6.45, 7) is 3.12. The van der Waals surface area contributed by atoms with E-state index in [1.165, 1.54) is 5.56 Å². The number of rotatable bonds is 8. The highest BCUT2D eigenvalue weighted by molar-refractivity contribution is 7.89. The zero-order valence-electron chi connectivity index (χ0n) is 16.4. The quantitative estimate of drug-likeness (QED) is 0.403. The molecule has 0 aliphatic heterocycles. The van der Waals surface area contributed by atoms with Gasteiger partial charge in [-0.25, -0.2) is 13.1 Å². The Bertz CT molecular complexity index is 1240. The molecule has 9 heteroatoms. The second-order valence-electron chi connectivity index (χ2n) is 7.06. The van der Waals surface area contributed by atoms with Crippen LogP contribution in [0.3, 0.4) is 0 Å². The van der Waals surface area contributed by atoms with E-state index in [4.69, 9.17) is 4.52 Å². The fraction of sp³-hybridized carbons (Fsp3) is 0.238. The van der Waals surface area contributed by atoms with E-state index in [9.17, 15) is 8.42 Å². The van der Waals surface area contributed by atoms with Gasteiger partial charge in [-0.15, -0.1) is 12.4 Å². The first kappa shape index (κ1) is 22.2. The normalized spacial score (nSPS) is 12.7. The summed E-state index contributed by atoms with van der Waals surface area (Å²) in [4.78, 5) is 4.30. The van der Waals surface area contributed by atoms with Gasteiger partial charge in [-0.3, -0.25) is 4.98 Å². The van der Waals surface area contributed by atoms with Crippen molar-refractivity contribution in [3.05, 3.63) is 66.6 Å². The predicted molar refractivity (Wildman–Crippen MR) is 119 cm³/mol. The number of pyridine rings is 1. The van der Waals surface area contributed by atoms with Gasteiger partial charge in [0.05, 0.1) is 11.1 Å². The lowest BCUT2D eigenvalue weighted by Gasteiger charge is -2.15. The number of halogens is 1. The van der Waals surface area contributed by atoms with Crippen molar-refractivity contribution >= 4 is 44.2 Å². The number of benzene rings is 2. The molecule has 158 valence electrons. The maximum Gasteiger partial charge on any atom is 0.240 e. The molecule has 4 rings (SSSR count). The van der Waals surface area contributed by atoms with Crippen molar-refractivity contribution in [2.75, 3.05) is 13.1 Å². The third-order valence-corrected chi connectivity index (χ3v) is 6.32. The molecule has 0 aliphatic rings. The topological polar surface area (TPSA) is 97.1 Å². The van der Waals surface area contributed by atoms with E-state index in [2.05, 4.69) is 26.2 Å². The summed E-state index contributed by atoms with van der Waals surface area (Å²) in [5.41, 5.74) is 1.95. The average molecular weight is 447 g/mol. The molecule has 0 bridgehead atoms. The Labute approximate surface area is 181 Å². The maximum atomic E-state index is 12.7. The Hall–Kier alpha value is -2.52. The van der Waals surface area contributed by atoms with Crippen molar-refractivity contribution in [3.63, 3.8) is 0 Å². The molecular formula is C21H23ClN4O3S. The summed E-state index contributed by atoms with van der Waals surface area (Å²) in [6.07, 6.45) is 5.90. The van der Waals surface area contributed by atoms with Crippen LogP contribution in [0.4, 0.5) is 0 Å². The van der Waals surface area contributed by atoms with Crippen LogP contribution in [0.5, 0.6) is 0 Å². The molecule has 7 nitrogen and oxygen atoms in total. The lowest BCUT2D eigenvalue weighted by Crippen LogP contribution is -2.40. The molecule has 0 aliphatic carbocycles. The number of aromatic nitrogens is 2. The van der Waals surface area contributed by atoms with E-state index in [1.807, 2.05) is 19.1 Å². The summed E-state index contributed by atoms with van der Waals surface area (Å²) >= 11 is 0. The van der Waals surface area contributed by atoms with E-state index < -0.39 is 10.0 Å². The van der Waals surface area contributed by atoms with E-state index in [1.54, 1.807) is 42.9 Å². The number of hydrogen-bond acceptors (Lipinski definition) is 6. The molecule has 1 unspecified atom stereocenters. The van der Waals surface area contributed by atoms with Gasteiger partial charge in [-0.1, -0.05) is 17.3 Å². The lowest BCUT2D eigenvalue weighted by atomic mass is 10.1.